The number of aromatic nitrogens is 1. The summed E-state index contributed by atoms with van der Waals surface area (Å²) in [5.74, 6) is 1.29. The van der Waals surface area contributed by atoms with Crippen molar-refractivity contribution in [1.29, 1.82) is 0 Å². The van der Waals surface area contributed by atoms with E-state index < -0.39 is 6.04 Å². The molecule has 3 aromatic rings. The largest absolute Gasteiger partial charge is 0.490 e. The van der Waals surface area contributed by atoms with Crippen LogP contribution in [0.1, 0.15) is 66.3 Å². The van der Waals surface area contributed by atoms with Crippen LogP contribution in [0.5, 0.6) is 17.2 Å². The number of aliphatic hydroxyl groups excluding tert-OH is 1. The van der Waals surface area contributed by atoms with Gasteiger partial charge in [-0.25, -0.2) is 0 Å². The molecule has 0 fully saturated rings. The standard InChI is InChI=1S/C36H46N4O7/c1-24-19-40(25(2)22-41)36(43)30-18-29(38-35(42)28-12-14-37-15-13-28)9-11-31(30)47-26(3)7-5-6-16-44-34(24)21-39(4)20-27-8-10-32-33(17-27)46-23-45-32/h8-15,17-18,24-26,34,41H,5-7,16,19-23H2,1-4H3,(H,38,42)/t24-,25+,26-,34+/m0/s1. The number of hydrogen-bond donors (Lipinski definition) is 2. The second-order valence-electron chi connectivity index (χ2n) is 12.6. The zero-order chi connectivity index (χ0) is 33.3. The summed E-state index contributed by atoms with van der Waals surface area (Å²) in [6.45, 7) is 8.21. The van der Waals surface area contributed by atoms with Crippen LogP contribution in [0.2, 0.25) is 0 Å². The van der Waals surface area contributed by atoms with E-state index in [0.29, 0.717) is 48.8 Å². The summed E-state index contributed by atoms with van der Waals surface area (Å²) in [4.78, 5) is 35.2. The Morgan fingerprint density at radius 3 is 2.62 bits per heavy atom. The van der Waals surface area contributed by atoms with Crippen molar-refractivity contribution in [2.75, 3.05) is 45.5 Å². The highest BCUT2D eigenvalue weighted by Crippen LogP contribution is 2.33. The molecule has 0 saturated heterocycles. The Morgan fingerprint density at radius 1 is 1.06 bits per heavy atom. The van der Waals surface area contributed by atoms with E-state index in [2.05, 4.69) is 29.2 Å². The number of amides is 2. The van der Waals surface area contributed by atoms with Gasteiger partial charge in [0.2, 0.25) is 6.79 Å². The van der Waals surface area contributed by atoms with Gasteiger partial charge in [-0.2, -0.15) is 0 Å². The molecule has 11 nitrogen and oxygen atoms in total. The van der Waals surface area contributed by atoms with Gasteiger partial charge in [0.15, 0.2) is 11.5 Å². The summed E-state index contributed by atoms with van der Waals surface area (Å²) in [6, 6.07) is 13.9. The third kappa shape index (κ3) is 9.00. The zero-order valence-corrected chi connectivity index (χ0v) is 27.7. The number of hydrogen-bond acceptors (Lipinski definition) is 9. The molecule has 0 unspecified atom stereocenters. The highest BCUT2D eigenvalue weighted by Gasteiger charge is 2.30. The maximum atomic E-state index is 14.4. The smallest absolute Gasteiger partial charge is 0.258 e. The van der Waals surface area contributed by atoms with Gasteiger partial charge in [-0.3, -0.25) is 19.5 Å². The maximum absolute atomic E-state index is 14.4. The summed E-state index contributed by atoms with van der Waals surface area (Å²) in [6.07, 6.45) is 5.37. The number of carbonyl (C=O) groups excluding carboxylic acids is 2. The fourth-order valence-corrected chi connectivity index (χ4v) is 5.89. The molecule has 1 aromatic heterocycles. The first-order valence-corrected chi connectivity index (χ1v) is 16.3. The minimum Gasteiger partial charge on any atom is -0.490 e. The SMILES string of the molecule is C[C@H](CO)N1C[C@H](C)[C@@H](CN(C)Cc2ccc3c(c2)OCO3)OCCCC[C@H](C)Oc2ccc(NC(=O)c3ccncc3)cc2C1=O. The number of benzene rings is 2. The maximum Gasteiger partial charge on any atom is 0.258 e. The van der Waals surface area contributed by atoms with Crippen LogP contribution in [-0.2, 0) is 11.3 Å². The molecule has 47 heavy (non-hydrogen) atoms. The fraction of sp³-hybridized carbons (Fsp3) is 0.472. The highest BCUT2D eigenvalue weighted by molar-refractivity contribution is 6.05. The van der Waals surface area contributed by atoms with Gasteiger partial charge in [0.1, 0.15) is 5.75 Å². The first kappa shape index (κ1) is 34.2. The molecule has 2 amide bonds. The van der Waals surface area contributed by atoms with Crippen molar-refractivity contribution >= 4 is 17.5 Å². The van der Waals surface area contributed by atoms with Gasteiger partial charge in [0.05, 0.1) is 30.4 Å². The molecule has 2 aliphatic rings. The lowest BCUT2D eigenvalue weighted by molar-refractivity contribution is -0.0177. The Bertz CT molecular complexity index is 1500. The first-order chi connectivity index (χ1) is 22.7. The number of nitrogens with zero attached hydrogens (tertiary/aromatic N) is 3. The number of rotatable bonds is 8. The number of nitrogens with one attached hydrogen (secondary N) is 1. The molecule has 2 N–H and O–H groups in total. The number of ether oxygens (including phenoxy) is 4. The quantitative estimate of drug-likeness (QED) is 0.349. The van der Waals surface area contributed by atoms with E-state index in [1.54, 1.807) is 47.6 Å². The van der Waals surface area contributed by atoms with Crippen LogP contribution in [0.25, 0.3) is 0 Å². The molecule has 4 atom stereocenters. The topological polar surface area (TPSA) is 123 Å². The predicted molar refractivity (Wildman–Crippen MR) is 178 cm³/mol. The molecule has 252 valence electrons. The average molecular weight is 647 g/mol. The molecule has 0 spiro atoms. The Hall–Kier alpha value is -4.19. The third-order valence-corrected chi connectivity index (χ3v) is 8.63. The van der Waals surface area contributed by atoms with Crippen LogP contribution in [-0.4, -0.2) is 90.1 Å². The Labute approximate surface area is 276 Å². The summed E-state index contributed by atoms with van der Waals surface area (Å²) < 4.78 is 23.8. The van der Waals surface area contributed by atoms with E-state index in [9.17, 15) is 14.7 Å². The molecule has 0 bridgehead atoms. The van der Waals surface area contributed by atoms with Crippen LogP contribution >= 0.6 is 0 Å². The monoisotopic (exact) mass is 646 g/mol. The second-order valence-corrected chi connectivity index (χ2v) is 12.6. The van der Waals surface area contributed by atoms with Crippen LogP contribution in [0, 0.1) is 5.92 Å². The molecular weight excluding hydrogens is 600 g/mol. The molecule has 0 radical (unpaired) electrons. The summed E-state index contributed by atoms with van der Waals surface area (Å²) >= 11 is 0. The summed E-state index contributed by atoms with van der Waals surface area (Å²) in [5.41, 5.74) is 2.35. The van der Waals surface area contributed by atoms with E-state index in [1.165, 1.54) is 0 Å². The van der Waals surface area contributed by atoms with Crippen molar-refractivity contribution in [3.05, 3.63) is 77.6 Å². The van der Waals surface area contributed by atoms with Gasteiger partial charge in [-0.15, -0.1) is 0 Å². The fourth-order valence-electron chi connectivity index (χ4n) is 5.89. The number of likely N-dealkylation sites (N-methyl/N-ethyl adjacent to an activating group) is 1. The van der Waals surface area contributed by atoms with Gasteiger partial charge in [-0.05, 0) is 88.2 Å². The van der Waals surface area contributed by atoms with Gasteiger partial charge in [0, 0.05) is 55.8 Å². The molecule has 2 aromatic carbocycles. The minimum absolute atomic E-state index is 0.0621. The Morgan fingerprint density at radius 2 is 1.83 bits per heavy atom. The van der Waals surface area contributed by atoms with E-state index in [1.807, 2.05) is 32.0 Å². The van der Waals surface area contributed by atoms with Crippen molar-refractivity contribution in [1.82, 2.24) is 14.8 Å². The lowest BCUT2D eigenvalue weighted by Gasteiger charge is -2.36. The number of pyridine rings is 1. The van der Waals surface area contributed by atoms with Crippen molar-refractivity contribution in [2.24, 2.45) is 5.92 Å². The van der Waals surface area contributed by atoms with Crippen molar-refractivity contribution in [2.45, 2.75) is 64.8 Å². The van der Waals surface area contributed by atoms with Crippen LogP contribution in [0.3, 0.4) is 0 Å². The third-order valence-electron chi connectivity index (χ3n) is 8.63. The van der Waals surface area contributed by atoms with E-state index in [-0.39, 0.29) is 43.3 Å². The lowest BCUT2D eigenvalue weighted by Crippen LogP contribution is -2.47. The zero-order valence-electron chi connectivity index (χ0n) is 27.7. The van der Waals surface area contributed by atoms with Crippen LogP contribution in [0.15, 0.2) is 60.9 Å². The lowest BCUT2D eigenvalue weighted by atomic mass is 10.0. The Kier molecular flexibility index (Phi) is 11.7. The number of carbonyl (C=O) groups is 2. The minimum atomic E-state index is -0.467. The van der Waals surface area contributed by atoms with Gasteiger partial charge in [0.25, 0.3) is 11.8 Å². The van der Waals surface area contributed by atoms with Crippen molar-refractivity contribution in [3.8, 4) is 17.2 Å². The van der Waals surface area contributed by atoms with Gasteiger partial charge in [-0.1, -0.05) is 13.0 Å². The number of anilines is 1. The van der Waals surface area contributed by atoms with Gasteiger partial charge < -0.3 is 34.3 Å². The molecule has 0 aliphatic carbocycles. The number of fused-ring (bicyclic) bond motifs is 2. The summed E-state index contributed by atoms with van der Waals surface area (Å²) in [7, 11) is 2.06. The van der Waals surface area contributed by atoms with Crippen molar-refractivity contribution in [3.63, 3.8) is 0 Å². The molecule has 11 heteroatoms. The first-order valence-electron chi connectivity index (χ1n) is 16.3. The van der Waals surface area contributed by atoms with Crippen LogP contribution in [0.4, 0.5) is 5.69 Å². The van der Waals surface area contributed by atoms with Crippen LogP contribution < -0.4 is 19.5 Å². The highest BCUT2D eigenvalue weighted by atomic mass is 16.7. The molecular formula is C36H46N4O7. The molecule has 5 rings (SSSR count). The Balaban J connectivity index is 1.38. The molecule has 0 saturated carbocycles. The molecule has 2 aliphatic heterocycles. The van der Waals surface area contributed by atoms with E-state index >= 15 is 0 Å². The average Bonchev–Trinajstić information content (AvgIpc) is 3.54. The van der Waals surface area contributed by atoms with E-state index in [0.717, 1.165) is 36.3 Å². The second kappa shape index (κ2) is 16.1. The predicted octanol–water partition coefficient (Wildman–Crippen LogP) is 4.99. The summed E-state index contributed by atoms with van der Waals surface area (Å²) in [5, 5.41) is 13.1. The normalized spacial score (nSPS) is 21.0. The van der Waals surface area contributed by atoms with E-state index in [4.69, 9.17) is 18.9 Å². The van der Waals surface area contributed by atoms with Crippen molar-refractivity contribution < 1.29 is 33.6 Å². The van der Waals surface area contributed by atoms with Gasteiger partial charge >= 0.3 is 0 Å². The number of aliphatic hydroxyl groups is 1. The molecule has 3 heterocycles.